The van der Waals surface area contributed by atoms with Crippen LogP contribution in [0.5, 0.6) is 0 Å². The van der Waals surface area contributed by atoms with E-state index in [-0.39, 0.29) is 36.3 Å². The fraction of sp³-hybridized carbons (Fsp3) is 0.185. The molecule has 0 fully saturated rings. The lowest BCUT2D eigenvalue weighted by atomic mass is 10.0. The van der Waals surface area contributed by atoms with Crippen molar-refractivity contribution in [3.63, 3.8) is 0 Å². The molecule has 10 heteroatoms. The second-order valence-electron chi connectivity index (χ2n) is 8.56. The Morgan fingerprint density at radius 1 is 1.05 bits per heavy atom. The number of amides is 1. The molecule has 0 aliphatic carbocycles. The molecule has 2 heterocycles. The molecule has 0 radical (unpaired) electrons. The van der Waals surface area contributed by atoms with Gasteiger partial charge in [0.1, 0.15) is 11.5 Å². The fourth-order valence-electron chi connectivity index (χ4n) is 4.06. The van der Waals surface area contributed by atoms with Gasteiger partial charge in [0.05, 0.1) is 18.3 Å². The number of carbonyl (C=O) groups excluding carboxylic acids is 2. The summed E-state index contributed by atoms with van der Waals surface area (Å²) in [4.78, 5) is 28.8. The number of ketones is 1. The number of halogens is 2. The Balaban J connectivity index is 0.00000320. The number of nitrogens with two attached hydrogens (primary N) is 1. The minimum Gasteiger partial charge on any atom is -0.319 e. The van der Waals surface area contributed by atoms with Crippen LogP contribution in [0.2, 0.25) is 0 Å². The van der Waals surface area contributed by atoms with Gasteiger partial charge in [-0.05, 0) is 53.3 Å². The molecule has 6 nitrogen and oxygen atoms in total. The van der Waals surface area contributed by atoms with Crippen LogP contribution in [0.25, 0.3) is 11.3 Å². The van der Waals surface area contributed by atoms with E-state index in [1.807, 2.05) is 35.7 Å². The number of anilines is 1. The highest BCUT2D eigenvalue weighted by atomic mass is 35.5. The van der Waals surface area contributed by atoms with E-state index in [0.717, 1.165) is 27.3 Å². The van der Waals surface area contributed by atoms with Crippen LogP contribution in [-0.4, -0.2) is 33.1 Å². The van der Waals surface area contributed by atoms with Gasteiger partial charge in [0, 0.05) is 33.6 Å². The molecule has 0 saturated carbocycles. The highest BCUT2D eigenvalue weighted by molar-refractivity contribution is 7.99. The summed E-state index contributed by atoms with van der Waals surface area (Å²) in [7, 11) is 0. The lowest BCUT2D eigenvalue weighted by Crippen LogP contribution is -2.44. The number of benzene rings is 3. The minimum atomic E-state index is -0.639. The summed E-state index contributed by atoms with van der Waals surface area (Å²) in [5, 5.41) is 5.98. The van der Waals surface area contributed by atoms with E-state index in [9.17, 15) is 14.0 Å². The van der Waals surface area contributed by atoms with E-state index in [4.69, 9.17) is 5.73 Å². The zero-order valence-corrected chi connectivity index (χ0v) is 22.1. The third-order valence-corrected chi connectivity index (χ3v) is 7.76. The van der Waals surface area contributed by atoms with Gasteiger partial charge >= 0.3 is 0 Å². The van der Waals surface area contributed by atoms with E-state index >= 15 is 0 Å². The average Bonchev–Trinajstić information content (AvgIpc) is 3.41. The van der Waals surface area contributed by atoms with E-state index in [1.165, 1.54) is 35.4 Å². The van der Waals surface area contributed by atoms with Crippen LogP contribution >= 0.6 is 35.7 Å². The van der Waals surface area contributed by atoms with Crippen molar-refractivity contribution in [1.82, 2.24) is 9.59 Å². The first kappa shape index (κ1) is 26.9. The van der Waals surface area contributed by atoms with Crippen molar-refractivity contribution >= 4 is 53.1 Å². The second-order valence-corrected chi connectivity index (χ2v) is 10.2. The second kappa shape index (κ2) is 12.0. The number of hydrogen-bond donors (Lipinski definition) is 1. The van der Waals surface area contributed by atoms with E-state index in [2.05, 4.69) is 9.59 Å². The number of aryl methyl sites for hydroxylation is 1. The van der Waals surface area contributed by atoms with Crippen molar-refractivity contribution in [3.8, 4) is 11.3 Å². The molecule has 1 atom stereocenters. The number of aromatic nitrogens is 2. The van der Waals surface area contributed by atoms with Crippen LogP contribution in [0.4, 0.5) is 10.1 Å². The Labute approximate surface area is 228 Å². The summed E-state index contributed by atoms with van der Waals surface area (Å²) in [5.74, 6) is -0.0408. The van der Waals surface area contributed by atoms with Crippen LogP contribution in [0.1, 0.15) is 27.9 Å². The van der Waals surface area contributed by atoms with Crippen molar-refractivity contribution in [2.24, 2.45) is 5.73 Å². The third kappa shape index (κ3) is 6.24. The Bertz CT molecular complexity index is 1380. The van der Waals surface area contributed by atoms with E-state index in [1.54, 1.807) is 29.2 Å². The number of nitrogens with zero attached hydrogens (tertiary/aromatic N) is 3. The number of rotatable bonds is 7. The molecule has 1 aliphatic rings. The van der Waals surface area contributed by atoms with Gasteiger partial charge in [-0.25, -0.2) is 4.39 Å². The quantitative estimate of drug-likeness (QED) is 0.301. The predicted octanol–water partition coefficient (Wildman–Crippen LogP) is 5.55. The van der Waals surface area contributed by atoms with Crippen molar-refractivity contribution in [2.45, 2.75) is 30.3 Å². The van der Waals surface area contributed by atoms with Gasteiger partial charge in [-0.2, -0.15) is 0 Å². The van der Waals surface area contributed by atoms with Gasteiger partial charge in [-0.1, -0.05) is 47.0 Å². The predicted molar refractivity (Wildman–Crippen MR) is 148 cm³/mol. The fourth-order valence-corrected chi connectivity index (χ4v) is 5.51. The maximum absolute atomic E-state index is 13.2. The number of thioether (sulfide) groups is 1. The lowest BCUT2D eigenvalue weighted by molar-refractivity contribution is -0.119. The number of fused-ring (bicyclic) bond motifs is 1. The summed E-state index contributed by atoms with van der Waals surface area (Å²) < 4.78 is 17.1. The van der Waals surface area contributed by atoms with Gasteiger partial charge in [0.15, 0.2) is 5.78 Å². The Morgan fingerprint density at radius 3 is 2.49 bits per heavy atom. The molecule has 1 aliphatic heterocycles. The van der Waals surface area contributed by atoms with E-state index < -0.39 is 6.04 Å². The van der Waals surface area contributed by atoms with Crippen LogP contribution in [0.3, 0.4) is 0 Å². The van der Waals surface area contributed by atoms with Crippen molar-refractivity contribution in [2.75, 3.05) is 10.7 Å². The Hall–Kier alpha value is -3.11. The summed E-state index contributed by atoms with van der Waals surface area (Å²) in [5.41, 5.74) is 11.0. The van der Waals surface area contributed by atoms with Crippen LogP contribution in [0, 0.1) is 5.82 Å². The molecule has 37 heavy (non-hydrogen) atoms. The highest BCUT2D eigenvalue weighted by Crippen LogP contribution is 2.36. The largest absolute Gasteiger partial charge is 0.319 e. The SMILES string of the molecule is Cl.N[C@H]1CSc2ccc(C(=O)CCc3ccc(F)cc3)cc2N(Cc2ccc(-c3csnn3)cc2)C1=O. The normalized spacial score (nSPS) is 15.0. The minimum absolute atomic E-state index is 0. The standard InChI is InChI=1S/C27H23FN4O2S2.ClH/c28-21-9-3-17(4-10-21)5-11-25(33)20-8-12-26-24(13-20)32(27(34)22(29)15-35-26)14-18-1-6-19(7-2-18)23-16-36-31-30-23;/h1-4,6-10,12-13,16,22H,5,11,14-15,29H2;1H/t22-;/m0./s1. The molecule has 0 saturated heterocycles. The molecule has 1 amide bonds. The first-order chi connectivity index (χ1) is 17.5. The van der Waals surface area contributed by atoms with Crippen molar-refractivity contribution < 1.29 is 14.0 Å². The zero-order chi connectivity index (χ0) is 25.1. The summed E-state index contributed by atoms with van der Waals surface area (Å²) in [6, 6.07) is 18.9. The number of carbonyl (C=O) groups is 2. The molecule has 3 aromatic carbocycles. The Morgan fingerprint density at radius 2 is 1.78 bits per heavy atom. The summed E-state index contributed by atoms with van der Waals surface area (Å²) in [6.07, 6.45) is 0.803. The number of hydrogen-bond acceptors (Lipinski definition) is 7. The monoisotopic (exact) mass is 554 g/mol. The summed E-state index contributed by atoms with van der Waals surface area (Å²) >= 11 is 2.82. The van der Waals surface area contributed by atoms with Gasteiger partial charge in [-0.3, -0.25) is 9.59 Å². The molecule has 190 valence electrons. The number of Topliss-reactive ketones (excluding diaryl/α,β-unsaturated/α-hetero) is 1. The molecule has 1 aromatic heterocycles. The summed E-state index contributed by atoms with van der Waals surface area (Å²) in [6.45, 7) is 0.336. The molecule has 0 bridgehead atoms. The molecular formula is C27H24ClFN4O2S2. The van der Waals surface area contributed by atoms with Crippen molar-refractivity contribution in [1.29, 1.82) is 0 Å². The van der Waals surface area contributed by atoms with Gasteiger partial charge in [0.2, 0.25) is 5.91 Å². The smallest absolute Gasteiger partial charge is 0.245 e. The maximum atomic E-state index is 13.2. The van der Waals surface area contributed by atoms with Crippen LogP contribution < -0.4 is 10.6 Å². The van der Waals surface area contributed by atoms with Crippen molar-refractivity contribution in [3.05, 3.63) is 94.6 Å². The van der Waals surface area contributed by atoms with Gasteiger partial charge in [-0.15, -0.1) is 29.3 Å². The van der Waals surface area contributed by atoms with Crippen LogP contribution in [0.15, 0.2) is 77.0 Å². The molecule has 4 aromatic rings. The third-order valence-electron chi connectivity index (χ3n) is 6.08. The molecule has 0 unspecified atom stereocenters. The molecule has 0 spiro atoms. The first-order valence-electron chi connectivity index (χ1n) is 11.5. The topological polar surface area (TPSA) is 89.2 Å². The Kier molecular flexibility index (Phi) is 8.71. The zero-order valence-electron chi connectivity index (χ0n) is 19.7. The average molecular weight is 555 g/mol. The van der Waals surface area contributed by atoms with E-state index in [0.29, 0.717) is 30.0 Å². The van der Waals surface area contributed by atoms with Gasteiger partial charge in [0.25, 0.3) is 0 Å². The molecule has 2 N–H and O–H groups in total. The first-order valence-corrected chi connectivity index (χ1v) is 13.3. The maximum Gasteiger partial charge on any atom is 0.245 e. The molecule has 5 rings (SSSR count). The lowest BCUT2D eigenvalue weighted by Gasteiger charge is -2.25. The molecular weight excluding hydrogens is 531 g/mol. The highest BCUT2D eigenvalue weighted by Gasteiger charge is 2.29. The van der Waals surface area contributed by atoms with Gasteiger partial charge < -0.3 is 10.6 Å². The van der Waals surface area contributed by atoms with Crippen LogP contribution in [-0.2, 0) is 17.8 Å².